The highest BCUT2D eigenvalue weighted by Gasteiger charge is 2.18. The number of amides is 2. The number of aromatic nitrogens is 1. The fourth-order valence-corrected chi connectivity index (χ4v) is 4.64. The van der Waals surface area contributed by atoms with E-state index in [0.717, 1.165) is 33.2 Å². The standard InChI is InChI=1S/C24H23N3O4S2/c1-14-7-9-17(10-8-14)22-15(2)33-24(26-22)27-23(31)16(3)32-19-6-4-5-18(13-19)25-20(28)11-12-21(29)30/h4-13,16H,1-3H3,(H,25,28)(H,29,30)(H,26,27,31)/b12-11+. The summed E-state index contributed by atoms with van der Waals surface area (Å²) in [4.78, 5) is 41.4. The SMILES string of the molecule is Cc1ccc(-c2nc(NC(=O)C(C)Sc3cccc(NC(=O)/C=C/C(=O)O)c3)sc2C)cc1. The van der Waals surface area contributed by atoms with Crippen LogP contribution in [0.25, 0.3) is 11.3 Å². The lowest BCUT2D eigenvalue weighted by atomic mass is 10.1. The number of hydrogen-bond acceptors (Lipinski definition) is 6. The molecule has 170 valence electrons. The van der Waals surface area contributed by atoms with E-state index in [0.29, 0.717) is 10.8 Å². The highest BCUT2D eigenvalue weighted by molar-refractivity contribution is 8.00. The van der Waals surface area contributed by atoms with Crippen molar-refractivity contribution in [3.63, 3.8) is 0 Å². The predicted octanol–water partition coefficient (Wildman–Crippen LogP) is 5.13. The monoisotopic (exact) mass is 481 g/mol. The van der Waals surface area contributed by atoms with Gasteiger partial charge in [-0.15, -0.1) is 23.1 Å². The van der Waals surface area contributed by atoms with Gasteiger partial charge in [0.05, 0.1) is 10.9 Å². The molecule has 1 heterocycles. The lowest BCUT2D eigenvalue weighted by Crippen LogP contribution is -2.22. The Morgan fingerprint density at radius 2 is 1.79 bits per heavy atom. The zero-order valence-corrected chi connectivity index (χ0v) is 19.9. The maximum atomic E-state index is 12.7. The molecule has 7 nitrogen and oxygen atoms in total. The summed E-state index contributed by atoms with van der Waals surface area (Å²) in [6.45, 7) is 5.80. The lowest BCUT2D eigenvalue weighted by Gasteiger charge is -2.11. The molecular formula is C24H23N3O4S2. The zero-order chi connectivity index (χ0) is 24.0. The minimum absolute atomic E-state index is 0.178. The number of thiazole rings is 1. The molecule has 0 saturated carbocycles. The van der Waals surface area contributed by atoms with E-state index in [1.165, 1.54) is 28.7 Å². The minimum atomic E-state index is -1.20. The van der Waals surface area contributed by atoms with Crippen molar-refractivity contribution >= 4 is 51.7 Å². The van der Waals surface area contributed by atoms with Gasteiger partial charge in [0.25, 0.3) is 0 Å². The van der Waals surface area contributed by atoms with E-state index < -0.39 is 17.1 Å². The fourth-order valence-electron chi connectivity index (χ4n) is 2.87. The number of rotatable bonds is 8. The maximum Gasteiger partial charge on any atom is 0.328 e. The van der Waals surface area contributed by atoms with Crippen LogP contribution in [0.2, 0.25) is 0 Å². The minimum Gasteiger partial charge on any atom is -0.478 e. The molecule has 0 aliphatic heterocycles. The third-order valence-electron chi connectivity index (χ3n) is 4.51. The van der Waals surface area contributed by atoms with Gasteiger partial charge in [-0.1, -0.05) is 35.9 Å². The molecule has 9 heteroatoms. The average molecular weight is 482 g/mol. The summed E-state index contributed by atoms with van der Waals surface area (Å²) in [6, 6.07) is 15.1. The third kappa shape index (κ3) is 7.03. The summed E-state index contributed by atoms with van der Waals surface area (Å²) in [5, 5.41) is 14.2. The first kappa shape index (κ1) is 24.2. The summed E-state index contributed by atoms with van der Waals surface area (Å²) < 4.78 is 0. The summed E-state index contributed by atoms with van der Waals surface area (Å²) >= 11 is 2.77. The lowest BCUT2D eigenvalue weighted by molar-refractivity contribution is -0.131. The summed E-state index contributed by atoms with van der Waals surface area (Å²) in [6.07, 6.45) is 1.71. The highest BCUT2D eigenvalue weighted by Crippen LogP contribution is 2.32. The molecule has 2 amide bonds. The summed E-state index contributed by atoms with van der Waals surface area (Å²) in [7, 11) is 0. The molecule has 2 aromatic carbocycles. The van der Waals surface area contributed by atoms with Gasteiger partial charge in [-0.05, 0) is 39.0 Å². The van der Waals surface area contributed by atoms with Gasteiger partial charge in [0.15, 0.2) is 5.13 Å². The topological polar surface area (TPSA) is 108 Å². The van der Waals surface area contributed by atoms with Crippen LogP contribution in [0.1, 0.15) is 17.4 Å². The van der Waals surface area contributed by atoms with Gasteiger partial charge in [0.1, 0.15) is 0 Å². The van der Waals surface area contributed by atoms with Gasteiger partial charge in [-0.3, -0.25) is 9.59 Å². The first-order valence-electron chi connectivity index (χ1n) is 10.1. The number of hydrogen-bond donors (Lipinski definition) is 3. The van der Waals surface area contributed by atoms with E-state index >= 15 is 0 Å². The zero-order valence-electron chi connectivity index (χ0n) is 18.3. The Balaban J connectivity index is 1.62. The van der Waals surface area contributed by atoms with E-state index in [-0.39, 0.29) is 5.91 Å². The molecule has 0 aliphatic rings. The second-order valence-corrected chi connectivity index (χ2v) is 9.85. The van der Waals surface area contributed by atoms with Crippen LogP contribution in [0.4, 0.5) is 10.8 Å². The number of nitrogens with one attached hydrogen (secondary N) is 2. The largest absolute Gasteiger partial charge is 0.478 e. The van der Waals surface area contributed by atoms with Crippen molar-refractivity contribution in [1.82, 2.24) is 4.98 Å². The van der Waals surface area contributed by atoms with Gasteiger partial charge in [-0.2, -0.15) is 0 Å². The van der Waals surface area contributed by atoms with Crippen molar-refractivity contribution in [3.05, 3.63) is 71.1 Å². The number of thioether (sulfide) groups is 1. The van der Waals surface area contributed by atoms with Crippen LogP contribution in [0.15, 0.2) is 65.6 Å². The fraction of sp³-hybridized carbons (Fsp3) is 0.167. The van der Waals surface area contributed by atoms with E-state index in [1.807, 2.05) is 44.2 Å². The molecule has 0 saturated heterocycles. The van der Waals surface area contributed by atoms with E-state index in [1.54, 1.807) is 25.1 Å². The number of carbonyl (C=O) groups excluding carboxylic acids is 2. The molecule has 0 aliphatic carbocycles. The van der Waals surface area contributed by atoms with Crippen LogP contribution in [-0.4, -0.2) is 33.1 Å². The quantitative estimate of drug-likeness (QED) is 0.304. The van der Waals surface area contributed by atoms with Gasteiger partial charge in [0.2, 0.25) is 11.8 Å². The molecule has 1 unspecified atom stereocenters. The van der Waals surface area contributed by atoms with Gasteiger partial charge in [-0.25, -0.2) is 9.78 Å². The third-order valence-corrected chi connectivity index (χ3v) is 6.49. The Morgan fingerprint density at radius 1 is 1.06 bits per heavy atom. The molecule has 3 N–H and O–H groups in total. The molecule has 1 atom stereocenters. The van der Waals surface area contributed by atoms with E-state index in [9.17, 15) is 14.4 Å². The van der Waals surface area contributed by atoms with Crippen LogP contribution in [0.3, 0.4) is 0 Å². The van der Waals surface area contributed by atoms with Crippen molar-refractivity contribution < 1.29 is 19.5 Å². The highest BCUT2D eigenvalue weighted by atomic mass is 32.2. The Morgan fingerprint density at radius 3 is 2.48 bits per heavy atom. The number of aryl methyl sites for hydroxylation is 2. The smallest absolute Gasteiger partial charge is 0.328 e. The van der Waals surface area contributed by atoms with Crippen molar-refractivity contribution in [2.45, 2.75) is 30.9 Å². The van der Waals surface area contributed by atoms with Crippen molar-refractivity contribution in [3.8, 4) is 11.3 Å². The second-order valence-electron chi connectivity index (χ2n) is 7.23. The molecule has 0 radical (unpaired) electrons. The van der Waals surface area contributed by atoms with Crippen LogP contribution in [0.5, 0.6) is 0 Å². The number of carbonyl (C=O) groups is 3. The van der Waals surface area contributed by atoms with Gasteiger partial charge < -0.3 is 15.7 Å². The number of carboxylic acids is 1. The number of benzene rings is 2. The molecule has 0 bridgehead atoms. The molecule has 0 spiro atoms. The van der Waals surface area contributed by atoms with Crippen LogP contribution in [-0.2, 0) is 14.4 Å². The average Bonchev–Trinajstić information content (AvgIpc) is 3.13. The predicted molar refractivity (Wildman–Crippen MR) is 133 cm³/mol. The van der Waals surface area contributed by atoms with Crippen molar-refractivity contribution in [2.24, 2.45) is 0 Å². The van der Waals surface area contributed by atoms with Crippen LogP contribution < -0.4 is 10.6 Å². The summed E-state index contributed by atoms with van der Waals surface area (Å²) in [5.74, 6) is -1.92. The first-order chi connectivity index (χ1) is 15.7. The van der Waals surface area contributed by atoms with Crippen LogP contribution in [0, 0.1) is 13.8 Å². The van der Waals surface area contributed by atoms with E-state index in [4.69, 9.17) is 5.11 Å². The Labute approximate surface area is 200 Å². The summed E-state index contributed by atoms with van der Waals surface area (Å²) in [5.41, 5.74) is 3.54. The van der Waals surface area contributed by atoms with E-state index in [2.05, 4.69) is 15.6 Å². The molecule has 3 rings (SSSR count). The Bertz CT molecular complexity index is 1200. The normalized spacial score (nSPS) is 11.8. The van der Waals surface area contributed by atoms with Gasteiger partial charge in [0, 0.05) is 33.2 Å². The molecular weight excluding hydrogens is 458 g/mol. The molecule has 3 aromatic rings. The number of aliphatic carboxylic acids is 1. The maximum absolute atomic E-state index is 12.7. The van der Waals surface area contributed by atoms with Crippen molar-refractivity contribution in [1.29, 1.82) is 0 Å². The second kappa shape index (κ2) is 10.9. The Kier molecular flexibility index (Phi) is 8.02. The molecule has 33 heavy (non-hydrogen) atoms. The Hall–Kier alpha value is -3.43. The first-order valence-corrected chi connectivity index (χ1v) is 11.7. The van der Waals surface area contributed by atoms with Gasteiger partial charge >= 0.3 is 5.97 Å². The molecule has 0 fully saturated rings. The van der Waals surface area contributed by atoms with Crippen molar-refractivity contribution in [2.75, 3.05) is 10.6 Å². The van der Waals surface area contributed by atoms with Crippen LogP contribution >= 0.6 is 23.1 Å². The number of nitrogens with zero attached hydrogens (tertiary/aromatic N) is 1. The molecule has 1 aromatic heterocycles. The number of anilines is 2. The number of carboxylic acid groups (broad SMARTS) is 1.